The fourth-order valence-electron chi connectivity index (χ4n) is 2.78. The summed E-state index contributed by atoms with van der Waals surface area (Å²) in [5, 5.41) is 0.791. The number of likely N-dealkylation sites (N-methyl/N-ethyl adjacent to an activating group) is 1. The van der Waals surface area contributed by atoms with Crippen LogP contribution >= 0.6 is 11.8 Å². The van der Waals surface area contributed by atoms with Crippen molar-refractivity contribution in [1.82, 2.24) is 14.9 Å². The molecule has 1 amide bonds. The van der Waals surface area contributed by atoms with Crippen molar-refractivity contribution in [3.05, 3.63) is 12.3 Å². The lowest BCUT2D eigenvalue weighted by molar-refractivity contribution is -0.140. The summed E-state index contributed by atoms with van der Waals surface area (Å²) in [5.74, 6) is 1.16. The van der Waals surface area contributed by atoms with E-state index in [1.165, 1.54) is 0 Å². The number of hydrogen-bond acceptors (Lipinski definition) is 5. The summed E-state index contributed by atoms with van der Waals surface area (Å²) in [5.41, 5.74) is -0.335. The fraction of sp³-hybridized carbons (Fsp3) is 0.688. The van der Waals surface area contributed by atoms with E-state index in [-0.39, 0.29) is 17.4 Å². The number of carbonyl (C=O) groups excluding carboxylic acids is 1. The highest BCUT2D eigenvalue weighted by molar-refractivity contribution is 7.98. The highest BCUT2D eigenvalue weighted by Crippen LogP contribution is 2.25. The third-order valence-electron chi connectivity index (χ3n) is 4.03. The molecule has 6 heteroatoms. The molecule has 1 saturated heterocycles. The van der Waals surface area contributed by atoms with E-state index in [2.05, 4.69) is 14.9 Å². The minimum Gasteiger partial charge on any atom is -0.354 e. The molecule has 22 heavy (non-hydrogen) atoms. The first-order valence-electron chi connectivity index (χ1n) is 7.72. The molecule has 0 aromatic carbocycles. The second kappa shape index (κ2) is 6.86. The molecule has 0 N–H and O–H groups in total. The van der Waals surface area contributed by atoms with E-state index in [0.29, 0.717) is 0 Å². The van der Waals surface area contributed by atoms with Gasteiger partial charge in [0, 0.05) is 37.8 Å². The topological polar surface area (TPSA) is 49.3 Å². The predicted octanol–water partition coefficient (Wildman–Crippen LogP) is 2.67. The molecule has 0 bridgehead atoms. The Labute approximate surface area is 137 Å². The number of carbonyl (C=O) groups is 1. The number of thioether (sulfide) groups is 1. The first kappa shape index (κ1) is 17.1. The van der Waals surface area contributed by atoms with Crippen LogP contribution < -0.4 is 4.90 Å². The molecule has 1 aromatic heterocycles. The Morgan fingerprint density at radius 3 is 2.82 bits per heavy atom. The van der Waals surface area contributed by atoms with Gasteiger partial charge in [-0.3, -0.25) is 4.79 Å². The van der Waals surface area contributed by atoms with E-state index in [4.69, 9.17) is 0 Å². The molecule has 0 spiro atoms. The van der Waals surface area contributed by atoms with E-state index < -0.39 is 0 Å². The van der Waals surface area contributed by atoms with Gasteiger partial charge in [-0.05, 0) is 25.2 Å². The van der Waals surface area contributed by atoms with Crippen molar-refractivity contribution < 1.29 is 4.79 Å². The van der Waals surface area contributed by atoms with Crippen molar-refractivity contribution in [2.45, 2.75) is 44.8 Å². The summed E-state index contributed by atoms with van der Waals surface area (Å²) in [6.45, 7) is 7.74. The van der Waals surface area contributed by atoms with Crippen molar-refractivity contribution in [3.63, 3.8) is 0 Å². The number of aromatic nitrogens is 2. The molecular weight excluding hydrogens is 296 g/mol. The van der Waals surface area contributed by atoms with Crippen LogP contribution in [0.5, 0.6) is 0 Å². The quantitative estimate of drug-likeness (QED) is 0.632. The third-order valence-corrected chi connectivity index (χ3v) is 4.59. The van der Waals surface area contributed by atoms with Crippen LogP contribution in [0.4, 0.5) is 5.82 Å². The predicted molar refractivity (Wildman–Crippen MR) is 91.3 cm³/mol. The normalized spacial score (nSPS) is 19.1. The molecule has 0 saturated carbocycles. The maximum atomic E-state index is 12.5. The molecule has 1 aliphatic rings. The van der Waals surface area contributed by atoms with Gasteiger partial charge in [-0.2, -0.15) is 0 Å². The standard InChI is InChI=1S/C16H26N4OS/c1-16(2,3)14(21)19(4)12-7-6-10-20(11-12)13-8-9-17-15(18-13)22-5/h8-9,12H,6-7,10-11H2,1-5H3. The van der Waals surface area contributed by atoms with E-state index in [1.54, 1.807) is 11.8 Å². The molecule has 1 aromatic rings. The van der Waals surface area contributed by atoms with Gasteiger partial charge in [0.15, 0.2) is 5.16 Å². The number of amides is 1. The molecule has 0 aliphatic carbocycles. The number of hydrogen-bond donors (Lipinski definition) is 0. The van der Waals surface area contributed by atoms with Gasteiger partial charge in [0.2, 0.25) is 5.91 Å². The van der Waals surface area contributed by atoms with Crippen LogP contribution in [0.2, 0.25) is 0 Å². The van der Waals surface area contributed by atoms with Crippen LogP contribution in [-0.2, 0) is 4.79 Å². The van der Waals surface area contributed by atoms with Crippen molar-refractivity contribution in [2.24, 2.45) is 5.41 Å². The first-order valence-corrected chi connectivity index (χ1v) is 8.94. The number of nitrogens with zero attached hydrogens (tertiary/aromatic N) is 4. The monoisotopic (exact) mass is 322 g/mol. The molecule has 5 nitrogen and oxygen atoms in total. The van der Waals surface area contributed by atoms with Crippen LogP contribution in [0.1, 0.15) is 33.6 Å². The zero-order valence-corrected chi connectivity index (χ0v) is 15.0. The Morgan fingerprint density at radius 1 is 1.45 bits per heavy atom. The zero-order valence-electron chi connectivity index (χ0n) is 14.2. The van der Waals surface area contributed by atoms with Crippen LogP contribution in [0.25, 0.3) is 0 Å². The second-order valence-corrected chi connectivity index (χ2v) is 7.58. The van der Waals surface area contributed by atoms with Gasteiger partial charge >= 0.3 is 0 Å². The summed E-state index contributed by atoms with van der Waals surface area (Å²) in [6, 6.07) is 2.20. The molecule has 1 unspecified atom stereocenters. The average Bonchev–Trinajstić information content (AvgIpc) is 2.52. The Morgan fingerprint density at radius 2 is 2.18 bits per heavy atom. The van der Waals surface area contributed by atoms with E-state index in [1.807, 2.05) is 51.2 Å². The zero-order chi connectivity index (χ0) is 16.3. The Kier molecular flexibility index (Phi) is 5.32. The minimum absolute atomic E-state index is 0.201. The maximum Gasteiger partial charge on any atom is 0.227 e. The first-order chi connectivity index (χ1) is 10.3. The van der Waals surface area contributed by atoms with Crippen molar-refractivity contribution in [1.29, 1.82) is 0 Å². The van der Waals surface area contributed by atoms with E-state index in [9.17, 15) is 4.79 Å². The minimum atomic E-state index is -0.335. The Balaban J connectivity index is 2.10. The average molecular weight is 322 g/mol. The molecule has 1 fully saturated rings. The summed E-state index contributed by atoms with van der Waals surface area (Å²) < 4.78 is 0. The van der Waals surface area contributed by atoms with Gasteiger partial charge in [0.05, 0.1) is 0 Å². The maximum absolute atomic E-state index is 12.5. The number of anilines is 1. The fourth-order valence-corrected chi connectivity index (χ4v) is 3.13. The van der Waals surface area contributed by atoms with Crippen LogP contribution in [0.15, 0.2) is 17.4 Å². The summed E-state index contributed by atoms with van der Waals surface area (Å²) in [4.78, 5) is 25.5. The third kappa shape index (κ3) is 3.91. The smallest absolute Gasteiger partial charge is 0.227 e. The Bertz CT molecular complexity index is 529. The SMILES string of the molecule is CSc1nccc(N2CCCC(N(C)C(=O)C(C)(C)C)C2)n1. The molecule has 0 radical (unpaired) electrons. The van der Waals surface area contributed by atoms with Crippen molar-refractivity contribution in [3.8, 4) is 0 Å². The van der Waals surface area contributed by atoms with Gasteiger partial charge < -0.3 is 9.80 Å². The van der Waals surface area contributed by atoms with E-state index >= 15 is 0 Å². The highest BCUT2D eigenvalue weighted by atomic mass is 32.2. The summed E-state index contributed by atoms with van der Waals surface area (Å²) in [6.07, 6.45) is 5.91. The molecule has 2 heterocycles. The van der Waals surface area contributed by atoms with Gasteiger partial charge in [0.25, 0.3) is 0 Å². The second-order valence-electron chi connectivity index (χ2n) is 6.81. The Hall–Kier alpha value is -1.30. The number of rotatable bonds is 3. The van der Waals surface area contributed by atoms with E-state index in [0.717, 1.165) is 36.9 Å². The largest absolute Gasteiger partial charge is 0.354 e. The number of piperidine rings is 1. The molecular formula is C16H26N4OS. The van der Waals surface area contributed by atoms with Crippen LogP contribution in [0, 0.1) is 5.41 Å². The van der Waals surface area contributed by atoms with Gasteiger partial charge in [0.1, 0.15) is 5.82 Å². The van der Waals surface area contributed by atoms with Crippen LogP contribution in [0.3, 0.4) is 0 Å². The van der Waals surface area contributed by atoms with Gasteiger partial charge in [-0.25, -0.2) is 9.97 Å². The van der Waals surface area contributed by atoms with Gasteiger partial charge in [-0.1, -0.05) is 32.5 Å². The molecule has 2 rings (SSSR count). The summed E-state index contributed by atoms with van der Waals surface area (Å²) >= 11 is 1.55. The lowest BCUT2D eigenvalue weighted by Gasteiger charge is -2.40. The lowest BCUT2D eigenvalue weighted by Crippen LogP contribution is -2.51. The molecule has 1 aliphatic heterocycles. The van der Waals surface area contributed by atoms with Gasteiger partial charge in [-0.15, -0.1) is 0 Å². The summed E-state index contributed by atoms with van der Waals surface area (Å²) in [7, 11) is 1.93. The lowest BCUT2D eigenvalue weighted by atomic mass is 9.93. The highest BCUT2D eigenvalue weighted by Gasteiger charge is 2.32. The molecule has 1 atom stereocenters. The molecule has 122 valence electrons. The van der Waals surface area contributed by atoms with Crippen molar-refractivity contribution in [2.75, 3.05) is 31.3 Å². The van der Waals surface area contributed by atoms with Crippen molar-refractivity contribution >= 4 is 23.5 Å². The van der Waals surface area contributed by atoms with Crippen LogP contribution in [-0.4, -0.2) is 53.2 Å².